The highest BCUT2D eigenvalue weighted by atomic mass is 35.5. The van der Waals surface area contributed by atoms with Crippen LogP contribution >= 0.6 is 11.6 Å². The number of benzene rings is 1. The molecule has 0 aliphatic heterocycles. The highest BCUT2D eigenvalue weighted by Crippen LogP contribution is 2.29. The summed E-state index contributed by atoms with van der Waals surface area (Å²) in [5, 5.41) is 5.36. The van der Waals surface area contributed by atoms with Gasteiger partial charge in [0.15, 0.2) is 0 Å². The van der Waals surface area contributed by atoms with E-state index in [9.17, 15) is 0 Å². The predicted octanol–water partition coefficient (Wildman–Crippen LogP) is 4.80. The third kappa shape index (κ3) is 4.47. The number of rotatable bonds is 8. The highest BCUT2D eigenvalue weighted by molar-refractivity contribution is 6.31. The van der Waals surface area contributed by atoms with Gasteiger partial charge in [-0.25, -0.2) is 0 Å². The van der Waals surface area contributed by atoms with Gasteiger partial charge in [0.2, 0.25) is 0 Å². The number of nitrogens with one attached hydrogen (secondary N) is 1. The third-order valence-corrected chi connectivity index (χ3v) is 3.81. The molecule has 0 aliphatic rings. The summed E-state index contributed by atoms with van der Waals surface area (Å²) in [6.07, 6.45) is 2.09. The molecule has 0 radical (unpaired) electrons. The number of hydrogen-bond donors (Lipinski definition) is 1. The fraction of sp³-hybridized carbons (Fsp3) is 0.529. The Morgan fingerprint density at radius 3 is 2.86 bits per heavy atom. The summed E-state index contributed by atoms with van der Waals surface area (Å²) in [6, 6.07) is 8.03. The van der Waals surface area contributed by atoms with Crippen molar-refractivity contribution in [1.29, 1.82) is 0 Å². The van der Waals surface area contributed by atoms with Crippen LogP contribution in [-0.4, -0.2) is 20.3 Å². The van der Waals surface area contributed by atoms with Gasteiger partial charge < -0.3 is 14.5 Å². The summed E-state index contributed by atoms with van der Waals surface area (Å²) >= 11 is 6.04. The molecule has 0 bridgehead atoms. The zero-order valence-corrected chi connectivity index (χ0v) is 13.7. The number of hydrogen-bond acceptors (Lipinski definition) is 3. The van der Waals surface area contributed by atoms with Crippen molar-refractivity contribution in [3.63, 3.8) is 0 Å². The molecule has 0 amide bonds. The number of fused-ring (bicyclic) bond motifs is 1. The molecule has 2 rings (SSSR count). The van der Waals surface area contributed by atoms with E-state index in [2.05, 4.69) is 25.2 Å². The third-order valence-electron chi connectivity index (χ3n) is 3.57. The molecular weight excluding hydrogens is 286 g/mol. The van der Waals surface area contributed by atoms with Gasteiger partial charge in [0.25, 0.3) is 0 Å². The average molecular weight is 310 g/mol. The van der Waals surface area contributed by atoms with Crippen molar-refractivity contribution in [3.8, 4) is 0 Å². The largest absolute Gasteiger partial charge is 0.459 e. The van der Waals surface area contributed by atoms with Gasteiger partial charge in [-0.2, -0.15) is 0 Å². The maximum absolute atomic E-state index is 6.04. The lowest BCUT2D eigenvalue weighted by molar-refractivity contribution is 0.147. The number of methoxy groups -OCH3 is 1. The first-order valence-corrected chi connectivity index (χ1v) is 7.93. The number of halogens is 1. The van der Waals surface area contributed by atoms with Crippen molar-refractivity contribution in [2.24, 2.45) is 5.92 Å². The molecule has 0 saturated heterocycles. The van der Waals surface area contributed by atoms with Gasteiger partial charge in [0.05, 0.1) is 6.04 Å². The van der Waals surface area contributed by atoms with Crippen LogP contribution in [0.1, 0.15) is 38.5 Å². The summed E-state index contributed by atoms with van der Waals surface area (Å²) < 4.78 is 11.2. The first-order chi connectivity index (χ1) is 10.1. The Morgan fingerprint density at radius 2 is 2.14 bits per heavy atom. The Labute approximate surface area is 131 Å². The van der Waals surface area contributed by atoms with Crippen LogP contribution in [0.4, 0.5) is 0 Å². The molecule has 2 aromatic rings. The van der Waals surface area contributed by atoms with E-state index in [1.54, 1.807) is 7.11 Å². The molecule has 1 N–H and O–H groups in total. The minimum Gasteiger partial charge on any atom is -0.459 e. The SMILES string of the molecule is CCCNC(CC(C)COC)c1cc2cc(Cl)ccc2o1. The molecule has 4 heteroatoms. The monoisotopic (exact) mass is 309 g/mol. The van der Waals surface area contributed by atoms with Crippen LogP contribution in [-0.2, 0) is 4.74 Å². The Kier molecular flexibility index (Phi) is 6.09. The molecule has 1 heterocycles. The number of furan rings is 1. The van der Waals surface area contributed by atoms with E-state index in [0.29, 0.717) is 5.92 Å². The van der Waals surface area contributed by atoms with Crippen molar-refractivity contribution in [3.05, 3.63) is 35.0 Å². The van der Waals surface area contributed by atoms with E-state index >= 15 is 0 Å². The molecule has 0 aliphatic carbocycles. The quantitative estimate of drug-likeness (QED) is 0.760. The zero-order valence-electron chi connectivity index (χ0n) is 13.0. The fourth-order valence-electron chi connectivity index (χ4n) is 2.58. The van der Waals surface area contributed by atoms with Crippen LogP contribution in [0.15, 0.2) is 28.7 Å². The van der Waals surface area contributed by atoms with Crippen LogP contribution in [0.25, 0.3) is 11.0 Å². The molecule has 2 atom stereocenters. The minimum absolute atomic E-state index is 0.210. The Balaban J connectivity index is 2.20. The lowest BCUT2D eigenvalue weighted by Crippen LogP contribution is -2.24. The molecule has 0 saturated carbocycles. The minimum atomic E-state index is 0.210. The summed E-state index contributed by atoms with van der Waals surface area (Å²) in [4.78, 5) is 0. The Hall–Kier alpha value is -1.03. The smallest absolute Gasteiger partial charge is 0.134 e. The van der Waals surface area contributed by atoms with Gasteiger partial charge in [0.1, 0.15) is 11.3 Å². The first-order valence-electron chi connectivity index (χ1n) is 7.55. The van der Waals surface area contributed by atoms with E-state index in [4.69, 9.17) is 20.8 Å². The van der Waals surface area contributed by atoms with Crippen molar-refractivity contribution in [1.82, 2.24) is 5.32 Å². The lowest BCUT2D eigenvalue weighted by atomic mass is 10.0. The molecule has 2 unspecified atom stereocenters. The molecule has 1 aromatic carbocycles. The van der Waals surface area contributed by atoms with E-state index in [-0.39, 0.29) is 6.04 Å². The van der Waals surface area contributed by atoms with Gasteiger partial charge in [-0.05, 0) is 49.6 Å². The van der Waals surface area contributed by atoms with Crippen molar-refractivity contribution < 1.29 is 9.15 Å². The van der Waals surface area contributed by atoms with Crippen molar-refractivity contribution in [2.45, 2.75) is 32.7 Å². The zero-order chi connectivity index (χ0) is 15.2. The molecule has 3 nitrogen and oxygen atoms in total. The van der Waals surface area contributed by atoms with E-state index in [1.165, 1.54) is 0 Å². The van der Waals surface area contributed by atoms with Crippen molar-refractivity contribution >= 4 is 22.6 Å². The van der Waals surface area contributed by atoms with Gasteiger partial charge in [-0.3, -0.25) is 0 Å². The first kappa shape index (κ1) is 16.3. The Bertz CT molecular complexity index is 567. The highest BCUT2D eigenvalue weighted by Gasteiger charge is 2.19. The van der Waals surface area contributed by atoms with E-state index < -0.39 is 0 Å². The second-order valence-electron chi connectivity index (χ2n) is 5.63. The average Bonchev–Trinajstić information content (AvgIpc) is 2.86. The normalized spacial score (nSPS) is 14.5. The maximum Gasteiger partial charge on any atom is 0.134 e. The van der Waals surface area contributed by atoms with Crippen molar-refractivity contribution in [2.75, 3.05) is 20.3 Å². The second kappa shape index (κ2) is 7.83. The topological polar surface area (TPSA) is 34.4 Å². The van der Waals surface area contributed by atoms with Crippen LogP contribution in [0.5, 0.6) is 0 Å². The molecule has 1 aromatic heterocycles. The van der Waals surface area contributed by atoms with Crippen LogP contribution in [0.3, 0.4) is 0 Å². The van der Waals surface area contributed by atoms with Gasteiger partial charge in [-0.1, -0.05) is 25.4 Å². The molecule has 0 fully saturated rings. The summed E-state index contributed by atoms with van der Waals surface area (Å²) in [5.74, 6) is 1.45. The number of ether oxygens (including phenoxy) is 1. The Morgan fingerprint density at radius 1 is 1.33 bits per heavy atom. The van der Waals surface area contributed by atoms with E-state index in [0.717, 1.165) is 47.7 Å². The van der Waals surface area contributed by atoms with Gasteiger partial charge in [0, 0.05) is 24.1 Å². The maximum atomic E-state index is 6.04. The van der Waals surface area contributed by atoms with Crippen LogP contribution < -0.4 is 5.32 Å². The van der Waals surface area contributed by atoms with Gasteiger partial charge >= 0.3 is 0 Å². The lowest BCUT2D eigenvalue weighted by Gasteiger charge is -2.20. The molecule has 0 spiro atoms. The molecular formula is C17H24ClNO2. The standard InChI is InChI=1S/C17H24ClNO2/c1-4-7-19-15(8-12(2)11-20-3)17-10-13-9-14(18)5-6-16(13)21-17/h5-6,9-10,12,15,19H,4,7-8,11H2,1-3H3. The summed E-state index contributed by atoms with van der Waals surface area (Å²) in [5.41, 5.74) is 0.886. The predicted molar refractivity (Wildman–Crippen MR) is 87.9 cm³/mol. The van der Waals surface area contributed by atoms with Crippen LogP contribution in [0, 0.1) is 5.92 Å². The fourth-order valence-corrected chi connectivity index (χ4v) is 2.76. The molecule has 116 valence electrons. The summed E-state index contributed by atoms with van der Waals surface area (Å²) in [6.45, 7) is 6.10. The summed E-state index contributed by atoms with van der Waals surface area (Å²) in [7, 11) is 1.74. The second-order valence-corrected chi connectivity index (χ2v) is 6.07. The molecule has 21 heavy (non-hydrogen) atoms. The van der Waals surface area contributed by atoms with Gasteiger partial charge in [-0.15, -0.1) is 0 Å². The van der Waals surface area contributed by atoms with E-state index in [1.807, 2.05) is 18.2 Å². The van der Waals surface area contributed by atoms with Crippen LogP contribution in [0.2, 0.25) is 5.02 Å².